The molecule has 1 saturated heterocycles. The van der Waals surface area contributed by atoms with Gasteiger partial charge in [0.1, 0.15) is 5.69 Å². The highest BCUT2D eigenvalue weighted by Crippen LogP contribution is 2.21. The summed E-state index contributed by atoms with van der Waals surface area (Å²) in [5.74, 6) is 0.617. The Balaban J connectivity index is 1.99. The van der Waals surface area contributed by atoms with Crippen molar-refractivity contribution >= 4 is 5.91 Å². The second kappa shape index (κ2) is 6.00. The third-order valence-corrected chi connectivity index (χ3v) is 3.74. The van der Waals surface area contributed by atoms with Crippen molar-refractivity contribution in [3.05, 3.63) is 18.0 Å². The highest BCUT2D eigenvalue weighted by molar-refractivity contribution is 5.92. The van der Waals surface area contributed by atoms with Gasteiger partial charge in [0.05, 0.1) is 0 Å². The molecule has 2 unspecified atom stereocenters. The van der Waals surface area contributed by atoms with Crippen LogP contribution in [0.1, 0.15) is 37.2 Å². The van der Waals surface area contributed by atoms with Gasteiger partial charge >= 0.3 is 0 Å². The topological polar surface area (TPSA) is 61.0 Å². The normalized spacial score (nSPS) is 24.2. The van der Waals surface area contributed by atoms with Crippen LogP contribution in [0.5, 0.6) is 0 Å². The fraction of sp³-hybridized carbons (Fsp3) is 0.692. The van der Waals surface area contributed by atoms with Gasteiger partial charge in [0.2, 0.25) is 0 Å². The zero-order valence-electron chi connectivity index (χ0n) is 11.1. The number of hydrogen-bond donors (Lipinski definition) is 2. The first-order valence-corrected chi connectivity index (χ1v) is 6.78. The summed E-state index contributed by atoms with van der Waals surface area (Å²) in [5.41, 5.74) is 0.590. The van der Waals surface area contributed by atoms with Crippen LogP contribution in [-0.2, 0) is 0 Å². The molecule has 0 aliphatic carbocycles. The van der Waals surface area contributed by atoms with Crippen LogP contribution in [0.2, 0.25) is 0 Å². The van der Waals surface area contributed by atoms with E-state index < -0.39 is 0 Å². The molecule has 2 rings (SSSR count). The summed E-state index contributed by atoms with van der Waals surface area (Å²) >= 11 is 0. The molecule has 1 fully saturated rings. The maximum atomic E-state index is 12.2. The number of nitrogens with zero attached hydrogens (tertiary/aromatic N) is 2. The summed E-state index contributed by atoms with van der Waals surface area (Å²) in [6, 6.07) is 2.28. The van der Waals surface area contributed by atoms with Crippen LogP contribution in [0.25, 0.3) is 0 Å². The summed E-state index contributed by atoms with van der Waals surface area (Å²) in [5, 5.41) is 10.1. The molecule has 2 heterocycles. The standard InChI is InChI=1S/C13H22N4O/c1-3-10-9-17(8-6-11(10)14-4-2)13(18)12-5-7-15-16-12/h5,7,10-11,14H,3-4,6,8-9H2,1-2H3,(H,15,16). The van der Waals surface area contributed by atoms with E-state index in [4.69, 9.17) is 0 Å². The Morgan fingerprint density at radius 3 is 3.06 bits per heavy atom. The molecule has 2 atom stereocenters. The molecular formula is C13H22N4O. The molecule has 5 heteroatoms. The van der Waals surface area contributed by atoms with Gasteiger partial charge in [0.25, 0.3) is 5.91 Å². The Kier molecular flexibility index (Phi) is 4.36. The number of aromatic nitrogens is 2. The summed E-state index contributed by atoms with van der Waals surface area (Å²) < 4.78 is 0. The number of carbonyl (C=O) groups excluding carboxylic acids is 1. The first-order valence-electron chi connectivity index (χ1n) is 6.78. The SMILES string of the molecule is CCNC1CCN(C(=O)c2ccn[nH]2)CC1CC. The third kappa shape index (κ3) is 2.72. The Hall–Kier alpha value is -1.36. The Labute approximate surface area is 108 Å². The van der Waals surface area contributed by atoms with Gasteiger partial charge in [0, 0.05) is 25.3 Å². The van der Waals surface area contributed by atoms with Crippen LogP contribution >= 0.6 is 0 Å². The van der Waals surface area contributed by atoms with E-state index in [1.807, 2.05) is 4.90 Å². The van der Waals surface area contributed by atoms with Crippen molar-refractivity contribution in [3.8, 4) is 0 Å². The van der Waals surface area contributed by atoms with E-state index in [9.17, 15) is 4.79 Å². The van der Waals surface area contributed by atoms with E-state index in [1.54, 1.807) is 12.3 Å². The molecule has 0 spiro atoms. The molecule has 5 nitrogen and oxygen atoms in total. The van der Waals surface area contributed by atoms with Gasteiger partial charge in [-0.3, -0.25) is 9.89 Å². The monoisotopic (exact) mass is 250 g/mol. The quantitative estimate of drug-likeness (QED) is 0.845. The second-order valence-corrected chi connectivity index (χ2v) is 4.84. The second-order valence-electron chi connectivity index (χ2n) is 4.84. The number of amides is 1. The minimum absolute atomic E-state index is 0.0703. The summed E-state index contributed by atoms with van der Waals surface area (Å²) in [7, 11) is 0. The average Bonchev–Trinajstić information content (AvgIpc) is 2.92. The lowest BCUT2D eigenvalue weighted by Gasteiger charge is -2.38. The van der Waals surface area contributed by atoms with Gasteiger partial charge in [-0.25, -0.2) is 0 Å². The van der Waals surface area contributed by atoms with Crippen molar-refractivity contribution in [1.29, 1.82) is 0 Å². The van der Waals surface area contributed by atoms with Gasteiger partial charge in [-0.15, -0.1) is 0 Å². The molecule has 0 saturated carbocycles. The van der Waals surface area contributed by atoms with Gasteiger partial charge in [-0.1, -0.05) is 20.3 Å². The molecule has 100 valence electrons. The Morgan fingerprint density at radius 1 is 1.61 bits per heavy atom. The largest absolute Gasteiger partial charge is 0.337 e. The predicted octanol–water partition coefficient (Wildman–Crippen LogP) is 1.26. The summed E-state index contributed by atoms with van der Waals surface area (Å²) in [6.07, 6.45) is 3.76. The summed E-state index contributed by atoms with van der Waals surface area (Å²) in [4.78, 5) is 14.2. The molecule has 1 aromatic rings. The molecule has 0 radical (unpaired) electrons. The Bertz CT molecular complexity index is 376. The molecule has 0 bridgehead atoms. The van der Waals surface area contributed by atoms with E-state index in [-0.39, 0.29) is 5.91 Å². The number of likely N-dealkylation sites (tertiary alicyclic amines) is 1. The van der Waals surface area contributed by atoms with Gasteiger partial charge in [0.15, 0.2) is 0 Å². The van der Waals surface area contributed by atoms with E-state index >= 15 is 0 Å². The van der Waals surface area contributed by atoms with E-state index in [0.29, 0.717) is 17.7 Å². The first-order chi connectivity index (χ1) is 8.76. The van der Waals surface area contributed by atoms with Crippen LogP contribution in [0.15, 0.2) is 12.3 Å². The van der Waals surface area contributed by atoms with Crippen LogP contribution in [0.3, 0.4) is 0 Å². The number of aromatic amines is 1. The van der Waals surface area contributed by atoms with Gasteiger partial charge < -0.3 is 10.2 Å². The molecule has 0 aromatic carbocycles. The van der Waals surface area contributed by atoms with Crippen molar-refractivity contribution < 1.29 is 4.79 Å². The number of hydrogen-bond acceptors (Lipinski definition) is 3. The Morgan fingerprint density at radius 2 is 2.44 bits per heavy atom. The molecule has 2 N–H and O–H groups in total. The van der Waals surface area contributed by atoms with Crippen LogP contribution in [0.4, 0.5) is 0 Å². The van der Waals surface area contributed by atoms with Crippen molar-refractivity contribution in [1.82, 2.24) is 20.4 Å². The van der Waals surface area contributed by atoms with Crippen LogP contribution in [0, 0.1) is 5.92 Å². The third-order valence-electron chi connectivity index (χ3n) is 3.74. The molecule has 18 heavy (non-hydrogen) atoms. The van der Waals surface area contributed by atoms with Gasteiger partial charge in [-0.2, -0.15) is 5.10 Å². The van der Waals surface area contributed by atoms with E-state index in [1.165, 1.54) is 0 Å². The fourth-order valence-electron chi connectivity index (χ4n) is 2.71. The molecular weight excluding hydrogens is 228 g/mol. The van der Waals surface area contributed by atoms with E-state index in [0.717, 1.165) is 32.5 Å². The van der Waals surface area contributed by atoms with Crippen molar-refractivity contribution in [2.75, 3.05) is 19.6 Å². The average molecular weight is 250 g/mol. The lowest BCUT2D eigenvalue weighted by Crippen LogP contribution is -2.50. The predicted molar refractivity (Wildman–Crippen MR) is 70.4 cm³/mol. The van der Waals surface area contributed by atoms with Crippen LogP contribution < -0.4 is 5.32 Å². The number of H-pyrrole nitrogens is 1. The molecule has 1 aliphatic heterocycles. The van der Waals surface area contributed by atoms with Crippen molar-refractivity contribution in [3.63, 3.8) is 0 Å². The van der Waals surface area contributed by atoms with Crippen LogP contribution in [-0.4, -0.2) is 46.7 Å². The lowest BCUT2D eigenvalue weighted by atomic mass is 9.89. The number of rotatable bonds is 4. The number of carbonyl (C=O) groups is 1. The lowest BCUT2D eigenvalue weighted by molar-refractivity contribution is 0.0622. The van der Waals surface area contributed by atoms with Gasteiger partial charge in [-0.05, 0) is 24.9 Å². The maximum Gasteiger partial charge on any atom is 0.271 e. The molecule has 1 amide bonds. The minimum atomic E-state index is 0.0703. The summed E-state index contributed by atoms with van der Waals surface area (Å²) in [6.45, 7) is 6.99. The molecule has 1 aromatic heterocycles. The van der Waals surface area contributed by atoms with E-state index in [2.05, 4.69) is 29.4 Å². The highest BCUT2D eigenvalue weighted by Gasteiger charge is 2.30. The molecule has 1 aliphatic rings. The maximum absolute atomic E-state index is 12.2. The zero-order chi connectivity index (χ0) is 13.0. The zero-order valence-corrected chi connectivity index (χ0v) is 11.1. The fourth-order valence-corrected chi connectivity index (χ4v) is 2.71. The van der Waals surface area contributed by atoms with Crippen molar-refractivity contribution in [2.45, 2.75) is 32.7 Å². The smallest absolute Gasteiger partial charge is 0.271 e. The minimum Gasteiger partial charge on any atom is -0.337 e. The highest BCUT2D eigenvalue weighted by atomic mass is 16.2. The number of piperidine rings is 1. The first kappa shape index (κ1) is 13.1. The van der Waals surface area contributed by atoms with Crippen molar-refractivity contribution in [2.24, 2.45) is 5.92 Å². The number of nitrogens with one attached hydrogen (secondary N) is 2.